The number of benzene rings is 2. The van der Waals surface area contributed by atoms with Crippen LogP contribution in [0.15, 0.2) is 48.5 Å². The average Bonchev–Trinajstić information content (AvgIpc) is 3.08. The number of ketones is 1. The second kappa shape index (κ2) is 7.43. The summed E-state index contributed by atoms with van der Waals surface area (Å²) in [5.74, 6) is -1.40. The Bertz CT molecular complexity index is 1090. The topological polar surface area (TPSA) is 99.5 Å². The molecule has 0 saturated carbocycles. The lowest BCUT2D eigenvalue weighted by Gasteiger charge is -2.35. The van der Waals surface area contributed by atoms with E-state index in [1.54, 1.807) is 17.0 Å². The van der Waals surface area contributed by atoms with Crippen LogP contribution in [-0.4, -0.2) is 53.7 Å². The third-order valence-corrected chi connectivity index (χ3v) is 5.40. The summed E-state index contributed by atoms with van der Waals surface area (Å²) in [6.45, 7) is 3.96. The Labute approximate surface area is 168 Å². The van der Waals surface area contributed by atoms with E-state index in [0.29, 0.717) is 43.0 Å². The number of anilines is 1. The van der Waals surface area contributed by atoms with Crippen LogP contribution in [0.1, 0.15) is 26.4 Å². The van der Waals surface area contributed by atoms with Crippen LogP contribution in [0.25, 0.3) is 10.9 Å². The summed E-state index contributed by atoms with van der Waals surface area (Å²) in [4.78, 5) is 43.9. The van der Waals surface area contributed by atoms with Crippen molar-refractivity contribution in [3.63, 3.8) is 0 Å². The fraction of sp³-hybridized carbons (Fsp3) is 0.227. The van der Waals surface area contributed by atoms with Gasteiger partial charge in [0.2, 0.25) is 5.91 Å². The maximum atomic E-state index is 12.9. The number of amides is 2. The number of Topliss-reactive ketones (excluding diaryl/α,β-unsaturated/α-hetero) is 1. The molecule has 1 aliphatic heterocycles. The molecule has 0 unspecified atom stereocenters. The molecule has 3 aromatic rings. The molecule has 7 heteroatoms. The van der Waals surface area contributed by atoms with Crippen LogP contribution in [-0.2, 0) is 4.79 Å². The standard InChI is InChI=1S/C22H22N4O3/c1-14-19(17-4-2-3-5-18(17)24-14)20(27)22(29)26-12-10-25(11-13-26)16-8-6-15(7-9-16)21(23)28/h2-9,24H,10-13H2,1H3,(H2,23,28). The molecular weight excluding hydrogens is 368 g/mol. The number of para-hydroxylation sites is 1. The van der Waals surface area contributed by atoms with Crippen molar-refractivity contribution in [3.05, 3.63) is 65.4 Å². The molecule has 29 heavy (non-hydrogen) atoms. The highest BCUT2D eigenvalue weighted by molar-refractivity contribution is 6.45. The summed E-state index contributed by atoms with van der Waals surface area (Å²) in [5.41, 5.74) is 8.71. The number of nitrogens with one attached hydrogen (secondary N) is 1. The first kappa shape index (κ1) is 18.7. The Hall–Kier alpha value is -3.61. The normalized spacial score (nSPS) is 14.2. The van der Waals surface area contributed by atoms with E-state index < -0.39 is 17.6 Å². The fourth-order valence-electron chi connectivity index (χ4n) is 3.82. The van der Waals surface area contributed by atoms with Crippen molar-refractivity contribution in [2.75, 3.05) is 31.1 Å². The van der Waals surface area contributed by atoms with Crippen LogP contribution in [0.5, 0.6) is 0 Å². The van der Waals surface area contributed by atoms with Gasteiger partial charge in [0, 0.05) is 54.0 Å². The minimum absolute atomic E-state index is 0.454. The van der Waals surface area contributed by atoms with Gasteiger partial charge in [0.1, 0.15) is 0 Å². The van der Waals surface area contributed by atoms with Crippen LogP contribution < -0.4 is 10.6 Å². The molecule has 0 spiro atoms. The van der Waals surface area contributed by atoms with Gasteiger partial charge >= 0.3 is 0 Å². The van der Waals surface area contributed by atoms with Gasteiger partial charge in [0.05, 0.1) is 5.56 Å². The number of piperazine rings is 1. The van der Waals surface area contributed by atoms with E-state index in [-0.39, 0.29) is 0 Å². The van der Waals surface area contributed by atoms with Gasteiger partial charge in [0.15, 0.2) is 0 Å². The van der Waals surface area contributed by atoms with Gasteiger partial charge in [-0.25, -0.2) is 0 Å². The van der Waals surface area contributed by atoms with Gasteiger partial charge in [-0.05, 0) is 37.3 Å². The van der Waals surface area contributed by atoms with E-state index in [1.165, 1.54) is 0 Å². The highest BCUT2D eigenvalue weighted by atomic mass is 16.2. The molecule has 2 heterocycles. The zero-order chi connectivity index (χ0) is 20.5. The second-order valence-corrected chi connectivity index (χ2v) is 7.19. The van der Waals surface area contributed by atoms with Crippen molar-refractivity contribution in [3.8, 4) is 0 Å². The molecule has 4 rings (SSSR count). The summed E-state index contributed by atoms with van der Waals surface area (Å²) >= 11 is 0. The molecule has 7 nitrogen and oxygen atoms in total. The molecule has 1 aromatic heterocycles. The molecule has 0 radical (unpaired) electrons. The SMILES string of the molecule is Cc1[nH]c2ccccc2c1C(=O)C(=O)N1CCN(c2ccc(C(N)=O)cc2)CC1. The van der Waals surface area contributed by atoms with Crippen LogP contribution in [0.2, 0.25) is 0 Å². The van der Waals surface area contributed by atoms with Crippen LogP contribution in [0.4, 0.5) is 5.69 Å². The van der Waals surface area contributed by atoms with Gasteiger partial charge in [-0.2, -0.15) is 0 Å². The number of nitrogens with zero attached hydrogens (tertiary/aromatic N) is 2. The highest BCUT2D eigenvalue weighted by Gasteiger charge is 2.29. The van der Waals surface area contributed by atoms with E-state index in [2.05, 4.69) is 9.88 Å². The predicted octanol–water partition coefficient (Wildman–Crippen LogP) is 2.11. The first-order valence-corrected chi connectivity index (χ1v) is 9.51. The van der Waals surface area contributed by atoms with E-state index in [0.717, 1.165) is 16.6 Å². The number of hydrogen-bond acceptors (Lipinski definition) is 4. The van der Waals surface area contributed by atoms with E-state index in [1.807, 2.05) is 43.3 Å². The monoisotopic (exact) mass is 390 g/mol. The quantitative estimate of drug-likeness (QED) is 0.526. The predicted molar refractivity (Wildman–Crippen MR) is 111 cm³/mol. The molecule has 1 aliphatic rings. The molecule has 148 valence electrons. The first-order valence-electron chi connectivity index (χ1n) is 9.51. The molecule has 2 aromatic carbocycles. The number of hydrogen-bond donors (Lipinski definition) is 2. The van der Waals surface area contributed by atoms with E-state index in [9.17, 15) is 14.4 Å². The van der Waals surface area contributed by atoms with Crippen molar-refractivity contribution in [1.29, 1.82) is 0 Å². The van der Waals surface area contributed by atoms with Gasteiger partial charge in [0.25, 0.3) is 11.7 Å². The highest BCUT2D eigenvalue weighted by Crippen LogP contribution is 2.23. The van der Waals surface area contributed by atoms with Crippen molar-refractivity contribution >= 4 is 34.2 Å². The number of aromatic nitrogens is 1. The maximum absolute atomic E-state index is 12.9. The summed E-state index contributed by atoms with van der Waals surface area (Å²) < 4.78 is 0. The summed E-state index contributed by atoms with van der Waals surface area (Å²) in [6.07, 6.45) is 0. The molecular formula is C22H22N4O3. The van der Waals surface area contributed by atoms with Gasteiger partial charge in [-0.3, -0.25) is 14.4 Å². The Kier molecular flexibility index (Phi) is 4.80. The molecule has 1 saturated heterocycles. The Morgan fingerprint density at radius 1 is 0.931 bits per heavy atom. The lowest BCUT2D eigenvalue weighted by Crippen LogP contribution is -2.50. The van der Waals surface area contributed by atoms with Crippen molar-refractivity contribution in [2.45, 2.75) is 6.92 Å². The van der Waals surface area contributed by atoms with E-state index >= 15 is 0 Å². The minimum atomic E-state index is -0.473. The summed E-state index contributed by atoms with van der Waals surface area (Å²) in [5, 5.41) is 0.775. The largest absolute Gasteiger partial charge is 0.368 e. The average molecular weight is 390 g/mol. The number of primary amides is 1. The van der Waals surface area contributed by atoms with E-state index in [4.69, 9.17) is 5.73 Å². The zero-order valence-electron chi connectivity index (χ0n) is 16.1. The minimum Gasteiger partial charge on any atom is -0.368 e. The first-order chi connectivity index (χ1) is 14.0. The van der Waals surface area contributed by atoms with Crippen LogP contribution in [0.3, 0.4) is 0 Å². The number of aryl methyl sites for hydroxylation is 1. The maximum Gasteiger partial charge on any atom is 0.295 e. The summed E-state index contributed by atoms with van der Waals surface area (Å²) in [7, 11) is 0. The lowest BCUT2D eigenvalue weighted by molar-refractivity contribution is -0.126. The van der Waals surface area contributed by atoms with Crippen molar-refractivity contribution in [2.24, 2.45) is 5.73 Å². The fourth-order valence-corrected chi connectivity index (χ4v) is 3.82. The van der Waals surface area contributed by atoms with Crippen LogP contribution >= 0.6 is 0 Å². The molecule has 0 atom stereocenters. The second-order valence-electron chi connectivity index (χ2n) is 7.19. The Balaban J connectivity index is 1.45. The number of carbonyl (C=O) groups is 3. The third kappa shape index (κ3) is 3.47. The number of H-pyrrole nitrogens is 1. The number of fused-ring (bicyclic) bond motifs is 1. The molecule has 2 amide bonds. The smallest absolute Gasteiger partial charge is 0.295 e. The molecule has 1 fully saturated rings. The molecule has 0 bridgehead atoms. The Morgan fingerprint density at radius 2 is 1.59 bits per heavy atom. The van der Waals surface area contributed by atoms with Crippen molar-refractivity contribution < 1.29 is 14.4 Å². The number of rotatable bonds is 4. The lowest BCUT2D eigenvalue weighted by atomic mass is 10.1. The third-order valence-electron chi connectivity index (χ3n) is 5.40. The molecule has 0 aliphatic carbocycles. The van der Waals surface area contributed by atoms with Gasteiger partial charge in [-0.1, -0.05) is 18.2 Å². The number of nitrogens with two attached hydrogens (primary N) is 1. The van der Waals surface area contributed by atoms with Gasteiger partial charge in [-0.15, -0.1) is 0 Å². The van der Waals surface area contributed by atoms with Gasteiger partial charge < -0.3 is 20.5 Å². The number of aromatic amines is 1. The zero-order valence-corrected chi connectivity index (χ0v) is 16.1. The van der Waals surface area contributed by atoms with Crippen molar-refractivity contribution in [1.82, 2.24) is 9.88 Å². The number of carbonyl (C=O) groups excluding carboxylic acids is 3. The Morgan fingerprint density at radius 3 is 2.24 bits per heavy atom. The summed E-state index contributed by atoms with van der Waals surface area (Å²) in [6, 6.07) is 14.6. The molecule has 3 N–H and O–H groups in total. The van der Waals surface area contributed by atoms with Crippen LogP contribution in [0, 0.1) is 6.92 Å².